The number of nitrogens with zero attached hydrogens (tertiary/aromatic N) is 1. The molecule has 1 aromatic rings. The summed E-state index contributed by atoms with van der Waals surface area (Å²) in [5, 5.41) is 9.45. The topological polar surface area (TPSA) is 93.1 Å². The number of esters is 1. The van der Waals surface area contributed by atoms with Crippen molar-refractivity contribution in [3.8, 4) is 5.75 Å². The van der Waals surface area contributed by atoms with E-state index in [0.29, 0.717) is 17.1 Å². The molecule has 0 aromatic heterocycles. The number of hydrogen-bond donors (Lipinski definition) is 1. The first kappa shape index (κ1) is 18.8. The first-order chi connectivity index (χ1) is 14.0. The lowest BCUT2D eigenvalue weighted by atomic mass is 9.53. The van der Waals surface area contributed by atoms with Crippen molar-refractivity contribution < 1.29 is 28.7 Å². The Labute approximate surface area is 169 Å². The molecule has 4 aliphatic rings. The highest BCUT2D eigenvalue weighted by Crippen LogP contribution is 2.60. The van der Waals surface area contributed by atoms with E-state index in [0.717, 1.165) is 24.9 Å². The SMILES string of the molecule is CN1CC[C@]23c4c5ccc(P=O)c4OC2C(OC(=O)CCC(=O)O)C=C[C@H]3[C@H]1C5. The van der Waals surface area contributed by atoms with E-state index >= 15 is 0 Å². The Hall–Kier alpha value is -2.24. The van der Waals surface area contributed by atoms with Crippen molar-refractivity contribution in [1.29, 1.82) is 0 Å². The molecule has 2 aliphatic heterocycles. The summed E-state index contributed by atoms with van der Waals surface area (Å²) in [5.74, 6) is -0.669. The van der Waals surface area contributed by atoms with Crippen LogP contribution in [0.4, 0.5) is 0 Å². The number of piperidine rings is 1. The quantitative estimate of drug-likeness (QED) is 0.446. The highest BCUT2D eigenvalue weighted by molar-refractivity contribution is 7.34. The normalized spacial score (nSPS) is 33.8. The van der Waals surface area contributed by atoms with Gasteiger partial charge in [0.1, 0.15) is 11.9 Å². The third-order valence-corrected chi connectivity index (χ3v) is 7.59. The Morgan fingerprint density at radius 3 is 2.93 bits per heavy atom. The van der Waals surface area contributed by atoms with E-state index in [1.54, 1.807) is 0 Å². The van der Waals surface area contributed by atoms with Crippen LogP contribution in [-0.2, 0) is 30.7 Å². The van der Waals surface area contributed by atoms with Gasteiger partial charge in [-0.05, 0) is 44.1 Å². The number of rotatable bonds is 5. The zero-order valence-corrected chi connectivity index (χ0v) is 16.9. The number of carboxylic acids is 1. The Balaban J connectivity index is 1.57. The minimum atomic E-state index is -1.03. The zero-order chi connectivity index (χ0) is 20.3. The molecule has 29 heavy (non-hydrogen) atoms. The fourth-order valence-corrected chi connectivity index (χ4v) is 6.20. The van der Waals surface area contributed by atoms with Crippen LogP contribution < -0.4 is 10.0 Å². The van der Waals surface area contributed by atoms with Crippen LogP contribution in [0.15, 0.2) is 24.3 Å². The van der Waals surface area contributed by atoms with E-state index in [1.165, 1.54) is 5.56 Å². The summed E-state index contributed by atoms with van der Waals surface area (Å²) in [7, 11) is 2.05. The van der Waals surface area contributed by atoms with E-state index in [9.17, 15) is 14.2 Å². The van der Waals surface area contributed by atoms with Crippen LogP contribution in [0.2, 0.25) is 0 Å². The molecule has 2 bridgehead atoms. The van der Waals surface area contributed by atoms with Crippen molar-refractivity contribution in [3.63, 3.8) is 0 Å². The molecule has 1 N–H and O–H groups in total. The first-order valence-corrected chi connectivity index (χ1v) is 10.7. The summed E-state index contributed by atoms with van der Waals surface area (Å²) in [4.78, 5) is 25.4. The van der Waals surface area contributed by atoms with Crippen LogP contribution in [0.25, 0.3) is 0 Å². The van der Waals surface area contributed by atoms with E-state index in [2.05, 4.69) is 24.1 Å². The molecule has 2 heterocycles. The van der Waals surface area contributed by atoms with Crippen molar-refractivity contribution in [2.45, 2.75) is 49.3 Å². The standard InChI is InChI=1S/C21H22NO6P/c1-22-9-8-21-12-3-4-14(27-17(25)7-6-16(23)24)20(21)28-19-15(29-26)5-2-11(18(19)21)10-13(12)22/h2-5,12-14,20H,6-10H2,1H3,(H,23,24)/t12-,13+,14?,20?,21-/m0/s1. The Morgan fingerprint density at radius 2 is 2.17 bits per heavy atom. The first-order valence-electron chi connectivity index (χ1n) is 9.92. The van der Waals surface area contributed by atoms with Gasteiger partial charge in [0, 0.05) is 22.9 Å². The predicted molar refractivity (Wildman–Crippen MR) is 104 cm³/mol. The van der Waals surface area contributed by atoms with Crippen molar-refractivity contribution in [1.82, 2.24) is 4.90 Å². The molecule has 5 atom stereocenters. The van der Waals surface area contributed by atoms with Crippen LogP contribution in [0.5, 0.6) is 5.75 Å². The number of carbonyl (C=O) groups excluding carboxylic acids is 1. The summed E-state index contributed by atoms with van der Waals surface area (Å²) in [5.41, 5.74) is 2.04. The number of likely N-dealkylation sites (N-methyl/N-ethyl adjacent to an activating group) is 1. The van der Waals surface area contributed by atoms with Gasteiger partial charge in [0.2, 0.25) is 0 Å². The van der Waals surface area contributed by atoms with Gasteiger partial charge in [-0.15, -0.1) is 0 Å². The molecule has 1 spiro atoms. The van der Waals surface area contributed by atoms with E-state index < -0.39 is 18.0 Å². The number of hydrogen-bond acceptors (Lipinski definition) is 6. The summed E-state index contributed by atoms with van der Waals surface area (Å²) < 4.78 is 23.8. The lowest BCUT2D eigenvalue weighted by molar-refractivity contribution is -0.157. The summed E-state index contributed by atoms with van der Waals surface area (Å²) >= 11 is 0. The van der Waals surface area contributed by atoms with Crippen LogP contribution in [0, 0.1) is 5.92 Å². The van der Waals surface area contributed by atoms with Gasteiger partial charge in [-0.2, -0.15) is 0 Å². The van der Waals surface area contributed by atoms with Gasteiger partial charge in [-0.3, -0.25) is 14.2 Å². The van der Waals surface area contributed by atoms with Crippen LogP contribution in [-0.4, -0.2) is 53.8 Å². The van der Waals surface area contributed by atoms with Gasteiger partial charge in [-0.1, -0.05) is 12.1 Å². The van der Waals surface area contributed by atoms with Crippen molar-refractivity contribution in [2.24, 2.45) is 5.92 Å². The number of benzene rings is 1. The summed E-state index contributed by atoms with van der Waals surface area (Å²) in [6.45, 7) is 0.909. The number of aliphatic carboxylic acids is 1. The largest absolute Gasteiger partial charge is 0.484 e. The van der Waals surface area contributed by atoms with Gasteiger partial charge in [0.05, 0.1) is 18.1 Å². The fourth-order valence-electron chi connectivity index (χ4n) is 5.81. The molecule has 1 aromatic carbocycles. The molecule has 8 heteroatoms. The molecule has 1 saturated heterocycles. The van der Waals surface area contributed by atoms with Crippen molar-refractivity contribution in [2.75, 3.05) is 13.6 Å². The maximum Gasteiger partial charge on any atom is 0.307 e. The average molecular weight is 415 g/mol. The lowest BCUT2D eigenvalue weighted by Gasteiger charge is -2.56. The van der Waals surface area contributed by atoms with Gasteiger partial charge in [-0.25, -0.2) is 0 Å². The van der Waals surface area contributed by atoms with Crippen LogP contribution in [0.3, 0.4) is 0 Å². The Morgan fingerprint density at radius 1 is 1.34 bits per heavy atom. The molecule has 0 saturated carbocycles. The number of likely N-dealkylation sites (tertiary alicyclic amines) is 1. The number of ether oxygens (including phenoxy) is 2. The molecule has 2 aliphatic carbocycles. The van der Waals surface area contributed by atoms with E-state index in [4.69, 9.17) is 14.6 Å². The Kier molecular flexibility index (Phi) is 4.30. The molecule has 5 rings (SSSR count). The summed E-state index contributed by atoms with van der Waals surface area (Å²) in [6, 6.07) is 4.25. The third-order valence-electron chi connectivity index (χ3n) is 7.04. The number of carbonyl (C=O) groups is 2. The average Bonchev–Trinajstić information content (AvgIpc) is 3.05. The molecule has 7 nitrogen and oxygen atoms in total. The van der Waals surface area contributed by atoms with E-state index in [-0.39, 0.29) is 38.7 Å². The second kappa shape index (κ2) is 6.64. The van der Waals surface area contributed by atoms with Gasteiger partial charge in [0.25, 0.3) is 0 Å². The predicted octanol–water partition coefficient (Wildman–Crippen LogP) is 1.83. The minimum Gasteiger partial charge on any atom is -0.484 e. The summed E-state index contributed by atoms with van der Waals surface area (Å²) in [6.07, 6.45) is 4.40. The minimum absolute atomic E-state index is 0.0909. The maximum absolute atomic E-state index is 12.3. The molecule has 0 radical (unpaired) electrons. The Bertz CT molecular complexity index is 945. The smallest absolute Gasteiger partial charge is 0.307 e. The molecule has 152 valence electrons. The molecule has 0 amide bonds. The van der Waals surface area contributed by atoms with Gasteiger partial charge < -0.3 is 19.5 Å². The number of carboxylic acid groups (broad SMARTS) is 1. The van der Waals surface area contributed by atoms with Crippen molar-refractivity contribution >= 4 is 25.7 Å². The molecule has 2 unspecified atom stereocenters. The highest BCUT2D eigenvalue weighted by Gasteiger charge is 2.64. The van der Waals surface area contributed by atoms with Gasteiger partial charge in [0.15, 0.2) is 14.6 Å². The van der Waals surface area contributed by atoms with Crippen LogP contribution in [0.1, 0.15) is 30.4 Å². The van der Waals surface area contributed by atoms with Crippen molar-refractivity contribution in [3.05, 3.63) is 35.4 Å². The molecule has 1 fully saturated rings. The fraction of sp³-hybridized carbons (Fsp3) is 0.524. The highest BCUT2D eigenvalue weighted by atomic mass is 31.1. The monoisotopic (exact) mass is 415 g/mol. The maximum atomic E-state index is 12.3. The third kappa shape index (κ3) is 2.60. The van der Waals surface area contributed by atoms with Crippen LogP contribution >= 0.6 is 8.46 Å². The second-order valence-corrected chi connectivity index (χ2v) is 9.04. The molecular formula is C21H22NO6P. The van der Waals surface area contributed by atoms with E-state index in [1.807, 2.05) is 12.1 Å². The second-order valence-electron chi connectivity index (χ2n) is 8.38. The molecular weight excluding hydrogens is 393 g/mol. The van der Waals surface area contributed by atoms with Gasteiger partial charge >= 0.3 is 11.9 Å². The lowest BCUT2D eigenvalue weighted by Crippen LogP contribution is -2.65. The zero-order valence-electron chi connectivity index (χ0n) is 16.0.